The Morgan fingerprint density at radius 1 is 0.596 bits per heavy atom. The first-order valence-corrected chi connectivity index (χ1v) is 17.3. The van der Waals surface area contributed by atoms with Crippen molar-refractivity contribution in [1.82, 2.24) is 9.80 Å². The van der Waals surface area contributed by atoms with Gasteiger partial charge < -0.3 is 18.9 Å². The number of ether oxygens (including phenoxy) is 4. The summed E-state index contributed by atoms with van der Waals surface area (Å²) in [6.07, 6.45) is 3.35. The molecule has 2 saturated heterocycles. The average molecular weight is 703 g/mol. The first-order valence-electron chi connectivity index (χ1n) is 17.3. The lowest BCUT2D eigenvalue weighted by Gasteiger charge is -2.25. The molecule has 4 atom stereocenters. The van der Waals surface area contributed by atoms with E-state index in [1.165, 1.54) is 9.80 Å². The standard InChI is InChI=1S/C42H42N2O8/c1-49-37-19-13-31(14-20-37)23-33(39(45)43-35(27-51-41(43)47)25-29-9-5-3-6-10-29)17-18-34(24-32-15-21-38(50-2)22-16-32)40(46)44-36(28-52-42(44)48)26-30-11-7-4-8-12-30/h3-22,33-36H,23-28H2,1-2H3/t33-,34-,35-,36-/m0/s1. The van der Waals surface area contributed by atoms with Gasteiger partial charge >= 0.3 is 12.2 Å². The van der Waals surface area contributed by atoms with E-state index in [1.54, 1.807) is 26.4 Å². The van der Waals surface area contributed by atoms with Gasteiger partial charge in [-0.2, -0.15) is 0 Å². The Morgan fingerprint density at radius 3 is 1.31 bits per heavy atom. The maximum atomic E-state index is 14.4. The van der Waals surface area contributed by atoms with Crippen LogP contribution in [0.25, 0.3) is 0 Å². The van der Waals surface area contributed by atoms with Crippen molar-refractivity contribution in [2.24, 2.45) is 11.8 Å². The topological polar surface area (TPSA) is 112 Å². The fraction of sp³-hybridized carbons (Fsp3) is 0.286. The van der Waals surface area contributed by atoms with Crippen molar-refractivity contribution in [2.45, 2.75) is 37.8 Å². The second-order valence-electron chi connectivity index (χ2n) is 13.0. The van der Waals surface area contributed by atoms with Crippen LogP contribution in [0, 0.1) is 11.8 Å². The van der Waals surface area contributed by atoms with Crippen LogP contribution in [0.1, 0.15) is 22.3 Å². The van der Waals surface area contributed by atoms with E-state index >= 15 is 0 Å². The fourth-order valence-corrected chi connectivity index (χ4v) is 6.67. The molecule has 4 aromatic rings. The Balaban J connectivity index is 1.32. The predicted octanol–water partition coefficient (Wildman–Crippen LogP) is 6.46. The highest BCUT2D eigenvalue weighted by Crippen LogP contribution is 2.27. The van der Waals surface area contributed by atoms with Gasteiger partial charge in [0.1, 0.15) is 24.7 Å². The lowest BCUT2D eigenvalue weighted by Crippen LogP contribution is -2.44. The molecule has 2 heterocycles. The minimum atomic E-state index is -0.839. The van der Waals surface area contributed by atoms with E-state index in [1.807, 2.05) is 109 Å². The molecular formula is C42H42N2O8. The molecule has 10 nitrogen and oxygen atoms in total. The molecule has 4 aromatic carbocycles. The number of benzene rings is 4. The van der Waals surface area contributed by atoms with Crippen molar-refractivity contribution >= 4 is 24.0 Å². The van der Waals surface area contributed by atoms with Gasteiger partial charge in [-0.25, -0.2) is 19.4 Å². The van der Waals surface area contributed by atoms with Crippen LogP contribution in [0.5, 0.6) is 11.5 Å². The summed E-state index contributed by atoms with van der Waals surface area (Å²) < 4.78 is 21.5. The zero-order valence-electron chi connectivity index (χ0n) is 29.3. The van der Waals surface area contributed by atoms with Crippen molar-refractivity contribution in [2.75, 3.05) is 27.4 Å². The van der Waals surface area contributed by atoms with Crippen molar-refractivity contribution < 1.29 is 38.1 Å². The fourth-order valence-electron chi connectivity index (χ4n) is 6.67. The molecule has 0 saturated carbocycles. The molecular weight excluding hydrogens is 660 g/mol. The smallest absolute Gasteiger partial charge is 0.417 e. The molecule has 0 aliphatic carbocycles. The van der Waals surface area contributed by atoms with Crippen LogP contribution in [0.15, 0.2) is 121 Å². The Morgan fingerprint density at radius 2 is 0.962 bits per heavy atom. The van der Waals surface area contributed by atoms with Crippen molar-refractivity contribution in [3.05, 3.63) is 144 Å². The molecule has 0 N–H and O–H groups in total. The van der Waals surface area contributed by atoms with Crippen LogP contribution in [-0.4, -0.2) is 73.3 Å². The summed E-state index contributed by atoms with van der Waals surface area (Å²) >= 11 is 0. The summed E-state index contributed by atoms with van der Waals surface area (Å²) in [5.74, 6) is -1.22. The Labute approximate surface area is 303 Å². The highest BCUT2D eigenvalue weighted by molar-refractivity contribution is 5.97. The molecule has 0 unspecified atom stereocenters. The molecule has 2 fully saturated rings. The van der Waals surface area contributed by atoms with E-state index in [-0.39, 0.29) is 26.1 Å². The molecule has 0 radical (unpaired) electrons. The number of cyclic esters (lactones) is 2. The van der Waals surface area contributed by atoms with Crippen LogP contribution >= 0.6 is 0 Å². The Bertz CT molecular complexity index is 1720. The molecule has 4 amide bonds. The highest BCUT2D eigenvalue weighted by atomic mass is 16.6. The number of carbonyl (C=O) groups is 4. The maximum absolute atomic E-state index is 14.4. The van der Waals surface area contributed by atoms with E-state index in [0.717, 1.165) is 22.3 Å². The van der Waals surface area contributed by atoms with Gasteiger partial charge in [-0.3, -0.25) is 9.59 Å². The third kappa shape index (κ3) is 8.69. The zero-order chi connectivity index (χ0) is 36.5. The summed E-state index contributed by atoms with van der Waals surface area (Å²) in [7, 11) is 3.16. The van der Waals surface area contributed by atoms with Gasteiger partial charge in [-0.05, 0) is 72.2 Å². The van der Waals surface area contributed by atoms with Crippen LogP contribution in [0.2, 0.25) is 0 Å². The van der Waals surface area contributed by atoms with Crippen LogP contribution in [0.3, 0.4) is 0 Å². The minimum Gasteiger partial charge on any atom is -0.497 e. The summed E-state index contributed by atoms with van der Waals surface area (Å²) in [4.78, 5) is 57.5. The minimum absolute atomic E-state index is 0.0803. The number of methoxy groups -OCH3 is 2. The van der Waals surface area contributed by atoms with Gasteiger partial charge in [0, 0.05) is 0 Å². The molecule has 10 heteroatoms. The number of amides is 4. The van der Waals surface area contributed by atoms with Crippen LogP contribution in [-0.2, 0) is 44.7 Å². The molecule has 0 aromatic heterocycles. The van der Waals surface area contributed by atoms with Crippen molar-refractivity contribution in [1.29, 1.82) is 0 Å². The van der Waals surface area contributed by atoms with Crippen LogP contribution in [0.4, 0.5) is 9.59 Å². The van der Waals surface area contributed by atoms with Gasteiger partial charge in [0.2, 0.25) is 11.8 Å². The van der Waals surface area contributed by atoms with E-state index in [9.17, 15) is 19.2 Å². The molecule has 0 spiro atoms. The summed E-state index contributed by atoms with van der Waals surface area (Å²) in [5.41, 5.74) is 3.61. The van der Waals surface area contributed by atoms with Gasteiger partial charge in [0.25, 0.3) is 0 Å². The first kappa shape index (κ1) is 35.9. The number of hydrogen-bond acceptors (Lipinski definition) is 8. The number of imide groups is 2. The highest BCUT2D eigenvalue weighted by Gasteiger charge is 2.42. The monoisotopic (exact) mass is 702 g/mol. The third-order valence-electron chi connectivity index (χ3n) is 9.46. The molecule has 6 rings (SSSR count). The lowest BCUT2D eigenvalue weighted by atomic mass is 9.91. The first-order chi connectivity index (χ1) is 25.3. The number of nitrogens with zero attached hydrogens (tertiary/aromatic N) is 2. The number of carbonyl (C=O) groups excluding carboxylic acids is 4. The van der Waals surface area contributed by atoms with E-state index < -0.39 is 47.9 Å². The largest absolute Gasteiger partial charge is 0.497 e. The predicted molar refractivity (Wildman–Crippen MR) is 194 cm³/mol. The average Bonchev–Trinajstić information content (AvgIpc) is 3.73. The van der Waals surface area contributed by atoms with E-state index in [0.29, 0.717) is 24.3 Å². The van der Waals surface area contributed by atoms with Gasteiger partial charge in [0.05, 0.1) is 38.1 Å². The molecule has 0 bridgehead atoms. The number of hydrogen-bond donors (Lipinski definition) is 0. The number of rotatable bonds is 14. The maximum Gasteiger partial charge on any atom is 0.417 e. The molecule has 52 heavy (non-hydrogen) atoms. The zero-order valence-corrected chi connectivity index (χ0v) is 29.3. The summed E-state index contributed by atoms with van der Waals surface area (Å²) in [6.45, 7) is 0.161. The SMILES string of the molecule is COc1ccc(C[C@H](C=C[C@@H](Cc2ccc(OC)cc2)C(=O)N2C(=O)OC[C@@H]2Cc2ccccc2)C(=O)N2C(=O)OC[C@@H]2Cc2ccccc2)cc1. The quantitative estimate of drug-likeness (QED) is 0.138. The van der Waals surface area contributed by atoms with Gasteiger partial charge in [-0.1, -0.05) is 97.1 Å². The summed E-state index contributed by atoms with van der Waals surface area (Å²) in [6, 6.07) is 33.0. The second-order valence-corrected chi connectivity index (χ2v) is 13.0. The third-order valence-corrected chi connectivity index (χ3v) is 9.46. The Kier molecular flexibility index (Phi) is 11.7. The molecule has 2 aliphatic rings. The summed E-state index contributed by atoms with van der Waals surface area (Å²) in [5, 5.41) is 0. The van der Waals surface area contributed by atoms with Crippen LogP contribution < -0.4 is 9.47 Å². The van der Waals surface area contributed by atoms with Crippen molar-refractivity contribution in [3.8, 4) is 11.5 Å². The lowest BCUT2D eigenvalue weighted by molar-refractivity contribution is -0.133. The van der Waals surface area contributed by atoms with Gasteiger partial charge in [-0.15, -0.1) is 0 Å². The van der Waals surface area contributed by atoms with E-state index in [2.05, 4.69) is 0 Å². The normalized spacial score (nSPS) is 18.2. The molecule has 268 valence electrons. The second kappa shape index (κ2) is 16.9. The Hall–Kier alpha value is -5.90. The molecule has 2 aliphatic heterocycles. The van der Waals surface area contributed by atoms with Crippen molar-refractivity contribution in [3.63, 3.8) is 0 Å². The van der Waals surface area contributed by atoms with Gasteiger partial charge in [0.15, 0.2) is 0 Å². The van der Waals surface area contributed by atoms with E-state index in [4.69, 9.17) is 18.9 Å².